The number of amides is 1. The molecule has 2 saturated heterocycles. The highest BCUT2D eigenvalue weighted by atomic mass is 16.2. The van der Waals surface area contributed by atoms with Crippen LogP contribution in [0.15, 0.2) is 0 Å². The summed E-state index contributed by atoms with van der Waals surface area (Å²) in [5.41, 5.74) is 0. The molecule has 2 heterocycles. The number of nitrogens with one attached hydrogen (secondary N) is 1. The minimum absolute atomic E-state index is 0.0888. The molecule has 0 bridgehead atoms. The molecule has 3 rings (SSSR count). The lowest BCUT2D eigenvalue weighted by atomic mass is 9.85. The van der Waals surface area contributed by atoms with Crippen LogP contribution >= 0.6 is 0 Å². The molecule has 4 heteroatoms. The summed E-state index contributed by atoms with van der Waals surface area (Å²) >= 11 is 0. The van der Waals surface area contributed by atoms with E-state index in [0.717, 1.165) is 25.4 Å². The van der Waals surface area contributed by atoms with E-state index in [9.17, 15) is 4.79 Å². The average Bonchev–Trinajstić information content (AvgIpc) is 2.87. The number of piperazine rings is 1. The standard InChI is InChI=1S/C16H29N3O/c1-11-9-19(10-12(2)18(11)3)16(20)15-8-13-6-4-5-7-14(13)17-15/h11-15,17H,4-10H2,1-3H3. The SMILES string of the molecule is CC1CN(C(=O)C2CC3CCCCC3N2)CC(C)N1C. The zero-order valence-electron chi connectivity index (χ0n) is 13.1. The maximum atomic E-state index is 12.8. The van der Waals surface area contributed by atoms with E-state index in [2.05, 4.69) is 36.0 Å². The normalized spacial score (nSPS) is 42.5. The van der Waals surface area contributed by atoms with Crippen LogP contribution < -0.4 is 5.32 Å². The molecular weight excluding hydrogens is 250 g/mol. The number of likely N-dealkylation sites (N-methyl/N-ethyl adjacent to an activating group) is 1. The fraction of sp³-hybridized carbons (Fsp3) is 0.938. The first-order chi connectivity index (χ1) is 9.56. The van der Waals surface area contributed by atoms with Gasteiger partial charge in [0.2, 0.25) is 5.91 Å². The Kier molecular flexibility index (Phi) is 4.04. The van der Waals surface area contributed by atoms with Gasteiger partial charge in [-0.3, -0.25) is 9.69 Å². The van der Waals surface area contributed by atoms with Crippen LogP contribution in [0.1, 0.15) is 46.0 Å². The second-order valence-corrected chi connectivity index (χ2v) is 7.21. The number of rotatable bonds is 1. The molecule has 1 amide bonds. The van der Waals surface area contributed by atoms with Crippen molar-refractivity contribution in [2.75, 3.05) is 20.1 Å². The van der Waals surface area contributed by atoms with Crippen LogP contribution in [0.25, 0.3) is 0 Å². The van der Waals surface area contributed by atoms with Crippen LogP contribution in [0.2, 0.25) is 0 Å². The lowest BCUT2D eigenvalue weighted by Crippen LogP contribution is -2.59. The van der Waals surface area contributed by atoms with Crippen molar-refractivity contribution < 1.29 is 4.79 Å². The molecule has 1 aliphatic carbocycles. The average molecular weight is 279 g/mol. The molecule has 1 saturated carbocycles. The highest BCUT2D eigenvalue weighted by Gasteiger charge is 2.41. The fourth-order valence-electron chi connectivity index (χ4n) is 4.32. The van der Waals surface area contributed by atoms with Crippen LogP contribution in [-0.4, -0.2) is 60.0 Å². The number of carbonyl (C=O) groups excluding carboxylic acids is 1. The molecule has 2 aliphatic heterocycles. The van der Waals surface area contributed by atoms with Crippen molar-refractivity contribution in [3.05, 3.63) is 0 Å². The van der Waals surface area contributed by atoms with Gasteiger partial charge in [-0.05, 0) is 46.1 Å². The first kappa shape index (κ1) is 14.3. The number of nitrogens with zero attached hydrogens (tertiary/aromatic N) is 2. The predicted octanol–water partition coefficient (Wildman–Crippen LogP) is 1.46. The molecule has 0 radical (unpaired) electrons. The highest BCUT2D eigenvalue weighted by molar-refractivity contribution is 5.82. The molecule has 0 aromatic heterocycles. The minimum Gasteiger partial charge on any atom is -0.338 e. The van der Waals surface area contributed by atoms with Crippen LogP contribution in [-0.2, 0) is 4.79 Å². The molecule has 0 aromatic carbocycles. The van der Waals surface area contributed by atoms with E-state index >= 15 is 0 Å². The summed E-state index contributed by atoms with van der Waals surface area (Å²) < 4.78 is 0. The first-order valence-electron chi connectivity index (χ1n) is 8.33. The van der Waals surface area contributed by atoms with Crippen molar-refractivity contribution in [1.29, 1.82) is 0 Å². The van der Waals surface area contributed by atoms with Crippen molar-refractivity contribution in [2.24, 2.45) is 5.92 Å². The number of carbonyl (C=O) groups is 1. The molecule has 5 unspecified atom stereocenters. The third kappa shape index (κ3) is 2.60. The van der Waals surface area contributed by atoms with E-state index in [4.69, 9.17) is 0 Å². The molecule has 4 nitrogen and oxygen atoms in total. The Morgan fingerprint density at radius 3 is 2.40 bits per heavy atom. The molecule has 0 aromatic rings. The van der Waals surface area contributed by atoms with Gasteiger partial charge < -0.3 is 10.2 Å². The van der Waals surface area contributed by atoms with Crippen LogP contribution in [0.4, 0.5) is 0 Å². The van der Waals surface area contributed by atoms with Crippen LogP contribution in [0.5, 0.6) is 0 Å². The number of hydrogen-bond acceptors (Lipinski definition) is 3. The summed E-state index contributed by atoms with van der Waals surface area (Å²) in [6, 6.07) is 1.63. The summed E-state index contributed by atoms with van der Waals surface area (Å²) in [4.78, 5) is 17.3. The molecule has 1 N–H and O–H groups in total. The summed E-state index contributed by atoms with van der Waals surface area (Å²) in [6.07, 6.45) is 6.34. The van der Waals surface area contributed by atoms with E-state index in [1.165, 1.54) is 25.7 Å². The van der Waals surface area contributed by atoms with Gasteiger partial charge in [-0.2, -0.15) is 0 Å². The van der Waals surface area contributed by atoms with E-state index in [-0.39, 0.29) is 6.04 Å². The predicted molar refractivity (Wildman–Crippen MR) is 80.6 cm³/mol. The Bertz CT molecular complexity index is 347. The van der Waals surface area contributed by atoms with Crippen LogP contribution in [0.3, 0.4) is 0 Å². The number of hydrogen-bond donors (Lipinski definition) is 1. The molecule has 3 aliphatic rings. The molecule has 0 spiro atoms. The Hall–Kier alpha value is -0.610. The quantitative estimate of drug-likeness (QED) is 0.789. The zero-order valence-corrected chi connectivity index (χ0v) is 13.1. The summed E-state index contributed by atoms with van der Waals surface area (Å²) in [6.45, 7) is 6.20. The Labute approximate surface area is 122 Å². The van der Waals surface area contributed by atoms with Gasteiger partial charge >= 0.3 is 0 Å². The molecule has 5 atom stereocenters. The van der Waals surface area contributed by atoms with Gasteiger partial charge in [-0.15, -0.1) is 0 Å². The zero-order chi connectivity index (χ0) is 14.3. The third-order valence-corrected chi connectivity index (χ3v) is 5.83. The Morgan fingerprint density at radius 2 is 1.75 bits per heavy atom. The van der Waals surface area contributed by atoms with Gasteiger partial charge in [0.1, 0.15) is 0 Å². The van der Waals surface area contributed by atoms with Crippen molar-refractivity contribution in [2.45, 2.75) is 70.1 Å². The second-order valence-electron chi connectivity index (χ2n) is 7.21. The van der Waals surface area contributed by atoms with E-state index in [1.54, 1.807) is 0 Å². The Balaban J connectivity index is 1.62. The summed E-state index contributed by atoms with van der Waals surface area (Å²) in [7, 11) is 2.17. The molecular formula is C16H29N3O. The van der Waals surface area contributed by atoms with E-state index < -0.39 is 0 Å². The molecule has 3 fully saturated rings. The summed E-state index contributed by atoms with van der Waals surface area (Å²) in [5, 5.41) is 3.63. The first-order valence-corrected chi connectivity index (χ1v) is 8.33. The highest BCUT2D eigenvalue weighted by Crippen LogP contribution is 2.34. The maximum Gasteiger partial charge on any atom is 0.239 e. The number of fused-ring (bicyclic) bond motifs is 1. The molecule has 20 heavy (non-hydrogen) atoms. The van der Waals surface area contributed by atoms with Crippen molar-refractivity contribution in [3.8, 4) is 0 Å². The monoisotopic (exact) mass is 279 g/mol. The van der Waals surface area contributed by atoms with E-state index in [0.29, 0.717) is 24.0 Å². The van der Waals surface area contributed by atoms with Gasteiger partial charge in [-0.1, -0.05) is 12.8 Å². The van der Waals surface area contributed by atoms with Gasteiger partial charge in [0.25, 0.3) is 0 Å². The second kappa shape index (κ2) is 5.64. The van der Waals surface area contributed by atoms with Gasteiger partial charge in [-0.25, -0.2) is 0 Å². The van der Waals surface area contributed by atoms with Gasteiger partial charge in [0.05, 0.1) is 6.04 Å². The van der Waals surface area contributed by atoms with E-state index in [1.807, 2.05) is 0 Å². The van der Waals surface area contributed by atoms with Gasteiger partial charge in [0.15, 0.2) is 0 Å². The van der Waals surface area contributed by atoms with Gasteiger partial charge in [0, 0.05) is 31.2 Å². The maximum absolute atomic E-state index is 12.8. The minimum atomic E-state index is 0.0888. The summed E-state index contributed by atoms with van der Waals surface area (Å²) in [5.74, 6) is 1.10. The van der Waals surface area contributed by atoms with Crippen molar-refractivity contribution in [3.63, 3.8) is 0 Å². The van der Waals surface area contributed by atoms with Crippen molar-refractivity contribution in [1.82, 2.24) is 15.1 Å². The third-order valence-electron chi connectivity index (χ3n) is 5.83. The smallest absolute Gasteiger partial charge is 0.239 e. The van der Waals surface area contributed by atoms with Crippen molar-refractivity contribution >= 4 is 5.91 Å². The fourth-order valence-corrected chi connectivity index (χ4v) is 4.32. The lowest BCUT2D eigenvalue weighted by molar-refractivity contribution is -0.137. The topological polar surface area (TPSA) is 35.6 Å². The largest absolute Gasteiger partial charge is 0.338 e. The molecule has 114 valence electrons. The lowest BCUT2D eigenvalue weighted by Gasteiger charge is -2.43. The van der Waals surface area contributed by atoms with Crippen LogP contribution in [0, 0.1) is 5.92 Å². The Morgan fingerprint density at radius 1 is 1.10 bits per heavy atom.